The number of likely N-dealkylation sites (tertiary alicyclic amines) is 1. The Kier molecular flexibility index (Phi) is 31.6. The van der Waals surface area contributed by atoms with Crippen LogP contribution in [0.1, 0.15) is 94.4 Å². The van der Waals surface area contributed by atoms with E-state index in [4.69, 9.17) is 4.74 Å². The molecule has 0 aromatic rings. The highest BCUT2D eigenvalue weighted by molar-refractivity contribution is 5.77. The van der Waals surface area contributed by atoms with E-state index in [1.165, 1.54) is 30.1 Å². The molecule has 2 fully saturated rings. The molecule has 2 aliphatic heterocycles. The van der Waals surface area contributed by atoms with E-state index in [0.717, 1.165) is 37.9 Å². The molecule has 2 rings (SSSR count). The van der Waals surface area contributed by atoms with Gasteiger partial charge in [0.05, 0.1) is 6.61 Å². The second-order valence-corrected chi connectivity index (χ2v) is 9.73. The third-order valence-electron chi connectivity index (χ3n) is 6.81. The number of aldehydes is 1. The number of hydrogen-bond acceptors (Lipinski definition) is 5. The standard InChI is InChI=1S/C19H34N2O.C8H11FO.C4H7NO.2C2H6/c1-14(2)16(4)19(9-8-12-22-7)17(5)21-11-10-18(20-6)13-15(21)3;1-2-3-4-8(7-10)5-6-9;6-4-2-1-3-5-4;2*1-2/h8-9,15,17-18,20H,1,10-13H2,2-7H3;3-5,7H,2,6H2,1H3;1-3H2,(H,5,6);2*1-2H3/b9-8-,19-16+;4-3-,8-5+;;;. The summed E-state index contributed by atoms with van der Waals surface area (Å²) in [5, 5.41) is 6.10. The fraction of sp³-hybridized carbons (Fsp3) is 0.657. The molecule has 0 aromatic carbocycles. The number of rotatable bonds is 11. The SMILES string of the molecule is C=C(C)/C(C)=C(\C=C/COC)C(C)N1CCC(NC)CC1C.CC.CC.CC/C=C\C(C=O)=C/CF.O=C1CCCN1. The highest BCUT2D eigenvalue weighted by atomic mass is 19.1. The highest BCUT2D eigenvalue weighted by Crippen LogP contribution is 2.26. The van der Waals surface area contributed by atoms with Gasteiger partial charge in [-0.3, -0.25) is 14.5 Å². The van der Waals surface area contributed by atoms with E-state index in [2.05, 4.69) is 69.0 Å². The van der Waals surface area contributed by atoms with Gasteiger partial charge >= 0.3 is 0 Å². The van der Waals surface area contributed by atoms with Crippen molar-refractivity contribution in [3.05, 3.63) is 59.3 Å². The van der Waals surface area contributed by atoms with Crippen LogP contribution >= 0.6 is 0 Å². The van der Waals surface area contributed by atoms with Crippen LogP contribution < -0.4 is 10.6 Å². The summed E-state index contributed by atoms with van der Waals surface area (Å²) in [4.78, 5) is 22.9. The molecule has 0 aliphatic carbocycles. The molecule has 0 radical (unpaired) electrons. The lowest BCUT2D eigenvalue weighted by atomic mass is 9.91. The maximum absolute atomic E-state index is 11.6. The molecule has 0 bridgehead atoms. The Bertz CT molecular complexity index is 825. The van der Waals surface area contributed by atoms with E-state index in [1.54, 1.807) is 13.2 Å². The molecule has 7 heteroatoms. The molecule has 244 valence electrons. The fourth-order valence-corrected chi connectivity index (χ4v) is 4.37. The van der Waals surface area contributed by atoms with Crippen molar-refractivity contribution in [3.8, 4) is 0 Å². The quantitative estimate of drug-likeness (QED) is 0.147. The molecule has 2 N–H and O–H groups in total. The monoisotopic (exact) mass is 593 g/mol. The lowest BCUT2D eigenvalue weighted by Crippen LogP contribution is -2.50. The largest absolute Gasteiger partial charge is 0.381 e. The first-order valence-electron chi connectivity index (χ1n) is 15.8. The maximum atomic E-state index is 11.6. The minimum atomic E-state index is -0.581. The molecule has 0 saturated carbocycles. The van der Waals surface area contributed by atoms with E-state index >= 15 is 0 Å². The third kappa shape index (κ3) is 20.5. The van der Waals surface area contributed by atoms with Gasteiger partial charge in [-0.1, -0.05) is 71.1 Å². The van der Waals surface area contributed by atoms with Gasteiger partial charge in [0.2, 0.25) is 5.91 Å². The van der Waals surface area contributed by atoms with Gasteiger partial charge in [-0.2, -0.15) is 0 Å². The number of nitrogens with one attached hydrogen (secondary N) is 2. The zero-order valence-corrected chi connectivity index (χ0v) is 28.8. The molecular weight excluding hydrogens is 529 g/mol. The molecule has 0 spiro atoms. The summed E-state index contributed by atoms with van der Waals surface area (Å²) in [6.45, 7) is 25.1. The van der Waals surface area contributed by atoms with Crippen LogP contribution in [0.5, 0.6) is 0 Å². The number of alkyl halides is 1. The average Bonchev–Trinajstić information content (AvgIpc) is 3.50. The summed E-state index contributed by atoms with van der Waals surface area (Å²) >= 11 is 0. The lowest BCUT2D eigenvalue weighted by Gasteiger charge is -2.42. The van der Waals surface area contributed by atoms with Crippen molar-refractivity contribution in [1.82, 2.24) is 15.5 Å². The fourth-order valence-electron chi connectivity index (χ4n) is 4.37. The Labute approximate surface area is 258 Å². The van der Waals surface area contributed by atoms with Gasteiger partial charge < -0.3 is 15.4 Å². The summed E-state index contributed by atoms with van der Waals surface area (Å²) in [6, 6.07) is 1.64. The van der Waals surface area contributed by atoms with E-state index in [9.17, 15) is 14.0 Å². The number of methoxy groups -OCH3 is 1. The lowest BCUT2D eigenvalue weighted by molar-refractivity contribution is -0.119. The summed E-state index contributed by atoms with van der Waals surface area (Å²) in [5.41, 5.74) is 4.20. The summed E-state index contributed by atoms with van der Waals surface area (Å²) < 4.78 is 16.7. The van der Waals surface area contributed by atoms with Crippen molar-refractivity contribution >= 4 is 12.2 Å². The molecule has 1 amide bonds. The molecule has 3 unspecified atom stereocenters. The zero-order valence-electron chi connectivity index (χ0n) is 28.8. The Morgan fingerprint density at radius 2 is 1.86 bits per heavy atom. The second kappa shape index (κ2) is 30.1. The summed E-state index contributed by atoms with van der Waals surface area (Å²) in [7, 11) is 3.80. The topological polar surface area (TPSA) is 70.7 Å². The van der Waals surface area contributed by atoms with Crippen LogP contribution in [0.3, 0.4) is 0 Å². The van der Waals surface area contributed by atoms with Gasteiger partial charge in [0, 0.05) is 50.3 Å². The van der Waals surface area contributed by atoms with Crippen LogP contribution in [-0.2, 0) is 14.3 Å². The molecule has 2 aliphatic rings. The second-order valence-electron chi connectivity index (χ2n) is 9.73. The molecule has 0 aromatic heterocycles. The van der Waals surface area contributed by atoms with Crippen molar-refractivity contribution in [2.24, 2.45) is 0 Å². The van der Waals surface area contributed by atoms with Gasteiger partial charge in [0.1, 0.15) is 13.0 Å². The Balaban J connectivity index is -0.000000623. The first-order valence-corrected chi connectivity index (χ1v) is 15.8. The average molecular weight is 594 g/mol. The van der Waals surface area contributed by atoms with E-state index in [1.807, 2.05) is 40.7 Å². The van der Waals surface area contributed by atoms with Gasteiger partial charge in [-0.25, -0.2) is 4.39 Å². The van der Waals surface area contributed by atoms with Crippen LogP contribution in [0.25, 0.3) is 0 Å². The summed E-state index contributed by atoms with van der Waals surface area (Å²) in [5.74, 6) is 0.204. The van der Waals surface area contributed by atoms with Crippen LogP contribution in [0, 0.1) is 0 Å². The number of hydrogen-bond donors (Lipinski definition) is 2. The smallest absolute Gasteiger partial charge is 0.220 e. The number of carbonyl (C=O) groups is 2. The Hall–Kier alpha value is -2.35. The highest BCUT2D eigenvalue weighted by Gasteiger charge is 2.29. The van der Waals surface area contributed by atoms with Crippen LogP contribution in [0.15, 0.2) is 59.3 Å². The first-order chi connectivity index (χ1) is 20.2. The van der Waals surface area contributed by atoms with Gasteiger partial charge in [-0.15, -0.1) is 0 Å². The van der Waals surface area contributed by atoms with Crippen LogP contribution in [0.4, 0.5) is 4.39 Å². The van der Waals surface area contributed by atoms with Crippen molar-refractivity contribution in [3.63, 3.8) is 0 Å². The third-order valence-corrected chi connectivity index (χ3v) is 6.81. The number of ether oxygens (including phenoxy) is 1. The predicted molar refractivity (Wildman–Crippen MR) is 181 cm³/mol. The van der Waals surface area contributed by atoms with Crippen molar-refractivity contribution < 1.29 is 18.7 Å². The predicted octanol–water partition coefficient (Wildman–Crippen LogP) is 7.54. The molecular formula is C35H64FN3O3. The van der Waals surface area contributed by atoms with Crippen LogP contribution in [0.2, 0.25) is 0 Å². The Morgan fingerprint density at radius 3 is 2.24 bits per heavy atom. The van der Waals surface area contributed by atoms with Crippen molar-refractivity contribution in [1.29, 1.82) is 0 Å². The van der Waals surface area contributed by atoms with E-state index in [-0.39, 0.29) is 5.91 Å². The maximum Gasteiger partial charge on any atom is 0.220 e. The minimum absolute atomic E-state index is 0.204. The molecule has 2 saturated heterocycles. The molecule has 2 heterocycles. The molecule has 42 heavy (non-hydrogen) atoms. The number of allylic oxidation sites excluding steroid dienone is 6. The van der Waals surface area contributed by atoms with Gasteiger partial charge in [0.15, 0.2) is 0 Å². The number of piperidine rings is 1. The van der Waals surface area contributed by atoms with Gasteiger partial charge in [0.25, 0.3) is 0 Å². The molecule has 3 atom stereocenters. The van der Waals surface area contributed by atoms with E-state index < -0.39 is 6.67 Å². The Morgan fingerprint density at radius 1 is 1.21 bits per heavy atom. The van der Waals surface area contributed by atoms with E-state index in [0.29, 0.717) is 36.6 Å². The minimum Gasteiger partial charge on any atom is -0.381 e. The van der Waals surface area contributed by atoms with Crippen molar-refractivity contribution in [2.75, 3.05) is 40.5 Å². The molecule has 6 nitrogen and oxygen atoms in total. The van der Waals surface area contributed by atoms with Gasteiger partial charge in [-0.05, 0) is 77.6 Å². The number of amides is 1. The first kappa shape index (κ1) is 44.1. The number of halogens is 1. The summed E-state index contributed by atoms with van der Waals surface area (Å²) in [6.07, 6.45) is 14.7. The van der Waals surface area contributed by atoms with Crippen LogP contribution in [-0.4, -0.2) is 75.7 Å². The number of carbonyl (C=O) groups excluding carboxylic acids is 2. The normalized spacial score (nSPS) is 19.9. The number of nitrogens with zero attached hydrogens (tertiary/aromatic N) is 1. The van der Waals surface area contributed by atoms with Crippen molar-refractivity contribution in [2.45, 2.75) is 113 Å². The zero-order chi connectivity index (χ0) is 32.9.